The number of rotatable bonds is 8. The summed E-state index contributed by atoms with van der Waals surface area (Å²) in [4.78, 5) is 2.42. The number of thiophene rings is 1. The van der Waals surface area contributed by atoms with Gasteiger partial charge in [0.1, 0.15) is 0 Å². The minimum Gasteiger partial charge on any atom is -0.310 e. The molecule has 0 unspecified atom stereocenters. The Bertz CT molecular complexity index is 3600. The third kappa shape index (κ3) is 6.41. The Balaban J connectivity index is 1.01. The van der Waals surface area contributed by atoms with Crippen molar-refractivity contribution in [3.05, 3.63) is 243 Å². The van der Waals surface area contributed by atoms with Gasteiger partial charge in [-0.05, 0) is 93.5 Å². The normalized spacial score (nSPS) is 11.5. The number of nitrogens with zero attached hydrogens (tertiary/aromatic N) is 2. The van der Waals surface area contributed by atoms with Gasteiger partial charge in [0.25, 0.3) is 0 Å². The maximum absolute atomic E-state index is 2.48. The van der Waals surface area contributed by atoms with E-state index in [1.165, 1.54) is 92.2 Å². The fraction of sp³-hybridized carbons (Fsp3) is 0. The van der Waals surface area contributed by atoms with Gasteiger partial charge >= 0.3 is 0 Å². The van der Waals surface area contributed by atoms with E-state index in [0.29, 0.717) is 0 Å². The number of benzene rings is 10. The van der Waals surface area contributed by atoms with Crippen LogP contribution in [-0.2, 0) is 0 Å². The van der Waals surface area contributed by atoms with Crippen molar-refractivity contribution in [1.29, 1.82) is 0 Å². The van der Waals surface area contributed by atoms with Gasteiger partial charge in [-0.1, -0.05) is 188 Å². The van der Waals surface area contributed by atoms with Crippen LogP contribution in [0, 0.1) is 0 Å². The molecule has 0 atom stereocenters. The molecule has 3 heteroatoms. The molecule has 0 spiro atoms. The van der Waals surface area contributed by atoms with Gasteiger partial charge in [0.2, 0.25) is 0 Å². The van der Waals surface area contributed by atoms with Crippen molar-refractivity contribution in [1.82, 2.24) is 4.57 Å². The van der Waals surface area contributed by atoms with Crippen molar-refractivity contribution in [3.63, 3.8) is 0 Å². The first-order valence-corrected chi connectivity index (χ1v) is 22.3. The van der Waals surface area contributed by atoms with Crippen LogP contribution >= 0.6 is 11.3 Å². The first kappa shape index (κ1) is 36.8. The topological polar surface area (TPSA) is 8.17 Å². The Kier molecular flexibility index (Phi) is 9.06. The van der Waals surface area contributed by atoms with E-state index in [0.717, 1.165) is 17.1 Å². The summed E-state index contributed by atoms with van der Waals surface area (Å²) in [6.07, 6.45) is 0. The summed E-state index contributed by atoms with van der Waals surface area (Å²) in [6, 6.07) is 88.2. The van der Waals surface area contributed by atoms with E-state index < -0.39 is 0 Å². The quantitative estimate of drug-likeness (QED) is 0.148. The average molecular weight is 821 g/mol. The predicted molar refractivity (Wildman–Crippen MR) is 270 cm³/mol. The summed E-state index contributed by atoms with van der Waals surface area (Å²) >= 11 is 1.88. The van der Waals surface area contributed by atoms with E-state index in [-0.39, 0.29) is 0 Å². The van der Waals surface area contributed by atoms with Gasteiger partial charge in [-0.25, -0.2) is 0 Å². The highest BCUT2D eigenvalue weighted by Crippen LogP contribution is 2.46. The number of fused-ring (bicyclic) bond motifs is 6. The zero-order chi connectivity index (χ0) is 41.7. The van der Waals surface area contributed by atoms with Gasteiger partial charge in [-0.15, -0.1) is 11.3 Å². The molecule has 296 valence electrons. The lowest BCUT2D eigenvalue weighted by molar-refractivity contribution is 1.20. The molecule has 63 heavy (non-hydrogen) atoms. The van der Waals surface area contributed by atoms with Gasteiger partial charge in [0.15, 0.2) is 0 Å². The highest BCUT2D eigenvalue weighted by Gasteiger charge is 2.21. The van der Waals surface area contributed by atoms with Gasteiger partial charge in [0, 0.05) is 43.2 Å². The molecule has 0 saturated carbocycles. The largest absolute Gasteiger partial charge is 0.310 e. The van der Waals surface area contributed by atoms with Crippen molar-refractivity contribution in [2.45, 2.75) is 0 Å². The zero-order valence-corrected chi connectivity index (χ0v) is 35.2. The zero-order valence-electron chi connectivity index (χ0n) is 34.4. The molecule has 2 aromatic heterocycles. The Morgan fingerprint density at radius 3 is 1.65 bits per heavy atom. The van der Waals surface area contributed by atoms with Crippen LogP contribution in [0.3, 0.4) is 0 Å². The minimum absolute atomic E-state index is 1.09. The second-order valence-corrected chi connectivity index (χ2v) is 17.1. The van der Waals surface area contributed by atoms with E-state index >= 15 is 0 Å². The van der Waals surface area contributed by atoms with Gasteiger partial charge in [-0.2, -0.15) is 0 Å². The van der Waals surface area contributed by atoms with Gasteiger partial charge in [-0.3, -0.25) is 0 Å². The Morgan fingerprint density at radius 2 is 0.873 bits per heavy atom. The summed E-state index contributed by atoms with van der Waals surface area (Å²) < 4.78 is 5.09. The molecule has 2 nitrogen and oxygen atoms in total. The molecule has 0 fully saturated rings. The molecule has 0 aliphatic carbocycles. The summed E-state index contributed by atoms with van der Waals surface area (Å²) in [5.41, 5.74) is 16.4. The summed E-state index contributed by atoms with van der Waals surface area (Å²) in [6.45, 7) is 0. The molecule has 0 saturated heterocycles. The summed E-state index contributed by atoms with van der Waals surface area (Å²) in [5.74, 6) is 0. The molecule has 0 aliphatic rings. The van der Waals surface area contributed by atoms with Crippen LogP contribution in [0.1, 0.15) is 0 Å². The number of aromatic nitrogens is 1. The van der Waals surface area contributed by atoms with Crippen LogP contribution in [0.5, 0.6) is 0 Å². The molecule has 0 N–H and O–H groups in total. The lowest BCUT2D eigenvalue weighted by Crippen LogP contribution is -2.11. The monoisotopic (exact) mass is 820 g/mol. The molecule has 2 heterocycles. The molecule has 10 aromatic carbocycles. The van der Waals surface area contributed by atoms with Crippen LogP contribution < -0.4 is 4.90 Å². The first-order chi connectivity index (χ1) is 31.3. The van der Waals surface area contributed by atoms with Crippen molar-refractivity contribution in [3.8, 4) is 50.2 Å². The molecule has 12 aromatic rings. The van der Waals surface area contributed by atoms with Crippen LogP contribution in [-0.4, -0.2) is 4.57 Å². The Labute approximate surface area is 370 Å². The van der Waals surface area contributed by atoms with E-state index in [2.05, 4.69) is 252 Å². The summed E-state index contributed by atoms with van der Waals surface area (Å²) in [5, 5.41) is 5.10. The molecule has 0 bridgehead atoms. The number of hydrogen-bond donors (Lipinski definition) is 0. The number of para-hydroxylation sites is 2. The lowest BCUT2D eigenvalue weighted by Gasteiger charge is -2.28. The third-order valence-corrected chi connectivity index (χ3v) is 13.6. The van der Waals surface area contributed by atoms with Crippen molar-refractivity contribution >= 4 is 70.4 Å². The second kappa shape index (κ2) is 15.5. The van der Waals surface area contributed by atoms with Gasteiger partial charge in [0.05, 0.1) is 27.1 Å². The van der Waals surface area contributed by atoms with E-state index in [1.807, 2.05) is 11.3 Å². The van der Waals surface area contributed by atoms with E-state index in [9.17, 15) is 0 Å². The average Bonchev–Trinajstić information content (AvgIpc) is 3.91. The smallest absolute Gasteiger partial charge is 0.0640 e. The molecule has 0 radical (unpaired) electrons. The second-order valence-electron chi connectivity index (χ2n) is 16.1. The van der Waals surface area contributed by atoms with Crippen LogP contribution in [0.2, 0.25) is 0 Å². The molecule has 0 amide bonds. The lowest BCUT2D eigenvalue weighted by atomic mass is 9.97. The van der Waals surface area contributed by atoms with Crippen molar-refractivity contribution < 1.29 is 0 Å². The van der Waals surface area contributed by atoms with Crippen molar-refractivity contribution in [2.24, 2.45) is 0 Å². The number of hydrogen-bond acceptors (Lipinski definition) is 2. The predicted octanol–water partition coefficient (Wildman–Crippen LogP) is 17.3. The maximum atomic E-state index is 2.48. The van der Waals surface area contributed by atoms with Crippen LogP contribution in [0.4, 0.5) is 17.1 Å². The standard InChI is InChI=1S/C60H40N2S/c1-3-16-41(17-4-1)42-32-34-43(35-33-42)44-36-38-47(39-37-44)61(54-27-10-7-22-49(54)45-18-5-2-6-19-45)48-21-13-20-46(40-48)50-25-14-29-56-59(50)53-24-8-11-28-55(53)62(56)57-30-15-26-52-51-23-9-12-31-58(51)63-60(52)57/h1-40H. The maximum Gasteiger partial charge on any atom is 0.0640 e. The van der Waals surface area contributed by atoms with E-state index in [1.54, 1.807) is 0 Å². The first-order valence-electron chi connectivity index (χ1n) is 21.5. The molecular weight excluding hydrogens is 781 g/mol. The third-order valence-electron chi connectivity index (χ3n) is 12.4. The Morgan fingerprint density at radius 1 is 0.333 bits per heavy atom. The molecular formula is C60H40N2S. The fourth-order valence-electron chi connectivity index (χ4n) is 9.49. The SMILES string of the molecule is c1ccc(-c2ccc(-c3ccc(N(c4cccc(-c5cccc6c5c5ccccc5n6-c5cccc6c5sc5ccccc56)c4)c4ccccc4-c4ccccc4)cc3)cc2)cc1. The fourth-order valence-corrected chi connectivity index (χ4v) is 10.7. The van der Waals surface area contributed by atoms with E-state index in [4.69, 9.17) is 0 Å². The minimum atomic E-state index is 1.09. The van der Waals surface area contributed by atoms with Gasteiger partial charge < -0.3 is 9.47 Å². The Hall–Kier alpha value is -7.98. The summed E-state index contributed by atoms with van der Waals surface area (Å²) in [7, 11) is 0. The van der Waals surface area contributed by atoms with Crippen LogP contribution in [0.15, 0.2) is 243 Å². The number of anilines is 3. The molecule has 12 rings (SSSR count). The van der Waals surface area contributed by atoms with Crippen molar-refractivity contribution in [2.75, 3.05) is 4.90 Å². The highest BCUT2D eigenvalue weighted by molar-refractivity contribution is 7.26. The highest BCUT2D eigenvalue weighted by atomic mass is 32.1. The molecule has 0 aliphatic heterocycles. The van der Waals surface area contributed by atoms with Crippen LogP contribution in [0.25, 0.3) is 92.2 Å².